The summed E-state index contributed by atoms with van der Waals surface area (Å²) in [5.74, 6) is 2.35. The molecule has 2 aromatic heterocycles. The second kappa shape index (κ2) is 9.54. The van der Waals surface area contributed by atoms with Gasteiger partial charge < -0.3 is 14.5 Å². The van der Waals surface area contributed by atoms with Crippen LogP contribution in [0.15, 0.2) is 72.8 Å². The summed E-state index contributed by atoms with van der Waals surface area (Å²) in [7, 11) is 1.62. The standard InChI is InChI=1S/C29H28N6O2/c1-20-8-3-4-9-23(20)26-31-32-27-24-10-5-6-11-25(24)30-29(35(26)27)34-17-7-16-33(18-19-34)28(36)21-12-14-22(37-2)15-13-21/h3-6,8-15H,7,16-19H2,1-2H3. The van der Waals surface area contributed by atoms with Crippen LogP contribution in [0.3, 0.4) is 0 Å². The van der Waals surface area contributed by atoms with Gasteiger partial charge in [-0.2, -0.15) is 0 Å². The molecule has 0 saturated carbocycles. The van der Waals surface area contributed by atoms with E-state index >= 15 is 0 Å². The number of aryl methyl sites for hydroxylation is 1. The molecule has 8 heteroatoms. The molecule has 3 heterocycles. The van der Waals surface area contributed by atoms with Gasteiger partial charge in [-0.1, -0.05) is 36.4 Å². The molecule has 6 rings (SSSR count). The largest absolute Gasteiger partial charge is 0.497 e. The molecule has 3 aromatic carbocycles. The van der Waals surface area contributed by atoms with Crippen molar-refractivity contribution in [1.82, 2.24) is 24.5 Å². The molecule has 8 nitrogen and oxygen atoms in total. The van der Waals surface area contributed by atoms with Crippen molar-refractivity contribution in [3.63, 3.8) is 0 Å². The van der Waals surface area contributed by atoms with Gasteiger partial charge in [0, 0.05) is 42.7 Å². The summed E-state index contributed by atoms with van der Waals surface area (Å²) < 4.78 is 7.31. The van der Waals surface area contributed by atoms with Gasteiger partial charge >= 0.3 is 0 Å². The third-order valence-electron chi connectivity index (χ3n) is 7.02. The summed E-state index contributed by atoms with van der Waals surface area (Å²) in [6.07, 6.45) is 0.833. The van der Waals surface area contributed by atoms with E-state index in [-0.39, 0.29) is 5.91 Å². The van der Waals surface area contributed by atoms with Crippen molar-refractivity contribution in [2.24, 2.45) is 0 Å². The maximum absolute atomic E-state index is 13.2. The van der Waals surface area contributed by atoms with Crippen molar-refractivity contribution in [2.75, 3.05) is 38.2 Å². The Morgan fingerprint density at radius 1 is 0.865 bits per heavy atom. The van der Waals surface area contributed by atoms with Gasteiger partial charge in [0.25, 0.3) is 5.91 Å². The van der Waals surface area contributed by atoms with Crippen LogP contribution in [0.5, 0.6) is 5.75 Å². The highest BCUT2D eigenvalue weighted by Crippen LogP contribution is 2.30. The molecule has 0 radical (unpaired) electrons. The number of ether oxygens (including phenoxy) is 1. The predicted molar refractivity (Wildman–Crippen MR) is 144 cm³/mol. The number of hydrogen-bond acceptors (Lipinski definition) is 6. The molecule has 1 amide bonds. The number of nitrogens with zero attached hydrogens (tertiary/aromatic N) is 6. The minimum absolute atomic E-state index is 0.0333. The smallest absolute Gasteiger partial charge is 0.253 e. The Morgan fingerprint density at radius 3 is 2.46 bits per heavy atom. The van der Waals surface area contributed by atoms with Gasteiger partial charge in [0.2, 0.25) is 5.95 Å². The summed E-state index contributed by atoms with van der Waals surface area (Å²) in [6, 6.07) is 23.5. The van der Waals surface area contributed by atoms with E-state index in [9.17, 15) is 4.79 Å². The molecule has 37 heavy (non-hydrogen) atoms. The molecular formula is C29H28N6O2. The quantitative estimate of drug-likeness (QED) is 0.365. The fourth-order valence-corrected chi connectivity index (χ4v) is 5.01. The molecule has 0 unspecified atom stereocenters. The number of para-hydroxylation sites is 1. The van der Waals surface area contributed by atoms with Crippen LogP contribution in [0.1, 0.15) is 22.3 Å². The van der Waals surface area contributed by atoms with Gasteiger partial charge in [0.1, 0.15) is 5.75 Å². The highest BCUT2D eigenvalue weighted by atomic mass is 16.5. The number of hydrogen-bond donors (Lipinski definition) is 0. The molecule has 0 spiro atoms. The van der Waals surface area contributed by atoms with E-state index in [4.69, 9.17) is 9.72 Å². The van der Waals surface area contributed by atoms with Crippen LogP contribution in [0, 0.1) is 6.92 Å². The zero-order chi connectivity index (χ0) is 25.4. The average molecular weight is 493 g/mol. The molecule has 1 aliphatic rings. The first-order chi connectivity index (χ1) is 18.1. The number of rotatable bonds is 4. The Hall–Kier alpha value is -4.46. The maximum Gasteiger partial charge on any atom is 0.253 e. The first-order valence-corrected chi connectivity index (χ1v) is 12.5. The SMILES string of the molecule is COc1ccc(C(=O)N2CCCN(c3nc4ccccc4c4nnc(-c5ccccc5C)n34)CC2)cc1. The van der Waals surface area contributed by atoms with Crippen LogP contribution in [0.4, 0.5) is 5.95 Å². The molecular weight excluding hydrogens is 464 g/mol. The van der Waals surface area contributed by atoms with Gasteiger partial charge in [0.05, 0.1) is 12.6 Å². The number of fused-ring (bicyclic) bond motifs is 3. The number of carbonyl (C=O) groups is 1. The van der Waals surface area contributed by atoms with Gasteiger partial charge in [0.15, 0.2) is 11.5 Å². The van der Waals surface area contributed by atoms with E-state index in [1.165, 1.54) is 0 Å². The lowest BCUT2D eigenvalue weighted by molar-refractivity contribution is 0.0767. The normalized spacial score (nSPS) is 14.2. The highest BCUT2D eigenvalue weighted by Gasteiger charge is 2.25. The Kier molecular flexibility index (Phi) is 5.92. The first kappa shape index (κ1) is 23.0. The zero-order valence-corrected chi connectivity index (χ0v) is 21.0. The van der Waals surface area contributed by atoms with E-state index in [0.717, 1.165) is 58.2 Å². The number of amides is 1. The molecule has 0 N–H and O–H groups in total. The first-order valence-electron chi connectivity index (χ1n) is 12.5. The average Bonchev–Trinajstić information content (AvgIpc) is 3.23. The van der Waals surface area contributed by atoms with Crippen LogP contribution in [-0.4, -0.2) is 63.7 Å². The molecule has 0 aliphatic carbocycles. The Morgan fingerprint density at radius 2 is 1.65 bits per heavy atom. The minimum atomic E-state index is 0.0333. The van der Waals surface area contributed by atoms with Crippen molar-refractivity contribution in [3.05, 3.63) is 83.9 Å². The Labute approximate surface area is 215 Å². The van der Waals surface area contributed by atoms with Crippen LogP contribution >= 0.6 is 0 Å². The van der Waals surface area contributed by atoms with Crippen molar-refractivity contribution >= 4 is 28.4 Å². The second-order valence-corrected chi connectivity index (χ2v) is 9.29. The lowest BCUT2D eigenvalue weighted by atomic mass is 10.1. The van der Waals surface area contributed by atoms with Crippen molar-refractivity contribution in [3.8, 4) is 17.1 Å². The molecule has 1 fully saturated rings. The van der Waals surface area contributed by atoms with Gasteiger partial charge in [-0.15, -0.1) is 10.2 Å². The molecule has 0 bridgehead atoms. The molecule has 1 saturated heterocycles. The number of carbonyl (C=O) groups excluding carboxylic acids is 1. The van der Waals surface area contributed by atoms with Crippen molar-refractivity contribution in [1.29, 1.82) is 0 Å². The van der Waals surface area contributed by atoms with Gasteiger partial charge in [-0.3, -0.25) is 4.79 Å². The zero-order valence-electron chi connectivity index (χ0n) is 21.0. The van der Waals surface area contributed by atoms with E-state index in [1.54, 1.807) is 7.11 Å². The number of benzene rings is 3. The minimum Gasteiger partial charge on any atom is -0.497 e. The second-order valence-electron chi connectivity index (χ2n) is 9.29. The number of anilines is 1. The Bertz CT molecular complexity index is 1590. The highest BCUT2D eigenvalue weighted by molar-refractivity contribution is 5.95. The fourth-order valence-electron chi connectivity index (χ4n) is 5.01. The van der Waals surface area contributed by atoms with Gasteiger partial charge in [-0.25, -0.2) is 9.38 Å². The van der Waals surface area contributed by atoms with E-state index in [2.05, 4.69) is 38.6 Å². The summed E-state index contributed by atoms with van der Waals surface area (Å²) >= 11 is 0. The molecule has 0 atom stereocenters. The molecule has 1 aliphatic heterocycles. The van der Waals surface area contributed by atoms with E-state index in [0.29, 0.717) is 25.2 Å². The third-order valence-corrected chi connectivity index (χ3v) is 7.02. The van der Waals surface area contributed by atoms with Crippen molar-refractivity contribution in [2.45, 2.75) is 13.3 Å². The van der Waals surface area contributed by atoms with Crippen LogP contribution in [-0.2, 0) is 0 Å². The summed E-state index contributed by atoms with van der Waals surface area (Å²) in [5.41, 5.74) is 4.49. The third kappa shape index (κ3) is 4.14. The van der Waals surface area contributed by atoms with Crippen LogP contribution < -0.4 is 9.64 Å². The predicted octanol–water partition coefficient (Wildman–Crippen LogP) is 4.61. The molecule has 5 aromatic rings. The van der Waals surface area contributed by atoms with Crippen molar-refractivity contribution < 1.29 is 9.53 Å². The number of methoxy groups -OCH3 is 1. The fraction of sp³-hybridized carbons (Fsp3) is 0.241. The summed E-state index contributed by atoms with van der Waals surface area (Å²) in [6.45, 7) is 4.80. The molecule has 186 valence electrons. The van der Waals surface area contributed by atoms with E-state index < -0.39 is 0 Å². The Balaban J connectivity index is 1.38. The van der Waals surface area contributed by atoms with Gasteiger partial charge in [-0.05, 0) is 55.3 Å². The number of aromatic nitrogens is 4. The monoisotopic (exact) mass is 492 g/mol. The van der Waals surface area contributed by atoms with Crippen LogP contribution in [0.2, 0.25) is 0 Å². The summed E-state index contributed by atoms with van der Waals surface area (Å²) in [5, 5.41) is 10.2. The maximum atomic E-state index is 13.2. The lowest BCUT2D eigenvalue weighted by Crippen LogP contribution is -2.36. The topological polar surface area (TPSA) is 75.9 Å². The van der Waals surface area contributed by atoms with E-state index in [1.807, 2.05) is 65.6 Å². The van der Waals surface area contributed by atoms with Crippen LogP contribution in [0.25, 0.3) is 27.9 Å². The summed E-state index contributed by atoms with van der Waals surface area (Å²) in [4.78, 5) is 22.5. The lowest BCUT2D eigenvalue weighted by Gasteiger charge is -2.24.